The SMILES string of the molecule is CCOC(=O)[C@H](N1CCCCC1)C(C#N)(c1ccccc1)c1ccccc1. The molecule has 0 unspecified atom stereocenters. The van der Waals surface area contributed by atoms with Gasteiger partial charge in [-0.05, 0) is 44.0 Å². The number of nitrogens with zero attached hydrogens (tertiary/aromatic N) is 2. The molecule has 0 spiro atoms. The third-order valence-corrected chi connectivity index (χ3v) is 5.31. The Hall–Kier alpha value is -2.64. The van der Waals surface area contributed by atoms with Gasteiger partial charge < -0.3 is 4.74 Å². The number of likely N-dealkylation sites (tertiary alicyclic amines) is 1. The topological polar surface area (TPSA) is 53.3 Å². The van der Waals surface area contributed by atoms with Crippen LogP contribution in [0.4, 0.5) is 0 Å². The first-order valence-corrected chi connectivity index (χ1v) is 9.67. The summed E-state index contributed by atoms with van der Waals surface area (Å²) in [5, 5.41) is 10.5. The minimum absolute atomic E-state index is 0.300. The number of nitriles is 1. The molecule has 1 saturated heterocycles. The van der Waals surface area contributed by atoms with Crippen LogP contribution in [0.5, 0.6) is 0 Å². The van der Waals surface area contributed by atoms with Crippen LogP contribution in [0.25, 0.3) is 0 Å². The van der Waals surface area contributed by atoms with Gasteiger partial charge in [-0.15, -0.1) is 0 Å². The van der Waals surface area contributed by atoms with Crippen LogP contribution in [-0.4, -0.2) is 36.6 Å². The maximum Gasteiger partial charge on any atom is 0.325 e. The smallest absolute Gasteiger partial charge is 0.325 e. The molecule has 1 aliphatic rings. The molecule has 0 aliphatic carbocycles. The lowest BCUT2D eigenvalue weighted by Gasteiger charge is -2.42. The summed E-state index contributed by atoms with van der Waals surface area (Å²) in [6.45, 7) is 3.71. The molecule has 3 rings (SSSR count). The van der Waals surface area contributed by atoms with Gasteiger partial charge in [0.1, 0.15) is 11.5 Å². The van der Waals surface area contributed by atoms with E-state index < -0.39 is 11.5 Å². The molecule has 0 amide bonds. The van der Waals surface area contributed by atoms with Crippen molar-refractivity contribution in [2.45, 2.75) is 37.6 Å². The van der Waals surface area contributed by atoms with Crippen molar-refractivity contribution >= 4 is 5.97 Å². The molecule has 1 fully saturated rings. The number of piperidine rings is 1. The molecule has 140 valence electrons. The molecule has 0 aromatic heterocycles. The first-order valence-electron chi connectivity index (χ1n) is 9.67. The number of hydrogen-bond acceptors (Lipinski definition) is 4. The predicted molar refractivity (Wildman–Crippen MR) is 105 cm³/mol. The normalized spacial score (nSPS) is 16.3. The highest BCUT2D eigenvalue weighted by Gasteiger charge is 2.50. The summed E-state index contributed by atoms with van der Waals surface area (Å²) in [5.41, 5.74) is 0.524. The summed E-state index contributed by atoms with van der Waals surface area (Å²) in [6.07, 6.45) is 3.21. The molecule has 2 aromatic rings. The van der Waals surface area contributed by atoms with E-state index in [0.717, 1.165) is 43.5 Å². The second-order valence-electron chi connectivity index (χ2n) is 6.90. The van der Waals surface area contributed by atoms with Gasteiger partial charge in [0.25, 0.3) is 0 Å². The molecular weight excluding hydrogens is 336 g/mol. The van der Waals surface area contributed by atoms with Crippen molar-refractivity contribution in [3.8, 4) is 6.07 Å². The van der Waals surface area contributed by atoms with Crippen LogP contribution in [0.3, 0.4) is 0 Å². The highest BCUT2D eigenvalue weighted by atomic mass is 16.5. The number of rotatable bonds is 6. The van der Waals surface area contributed by atoms with E-state index in [1.165, 1.54) is 0 Å². The molecule has 0 radical (unpaired) electrons. The average Bonchev–Trinajstić information content (AvgIpc) is 2.74. The van der Waals surface area contributed by atoms with Crippen molar-refractivity contribution in [3.05, 3.63) is 71.8 Å². The summed E-state index contributed by atoms with van der Waals surface area (Å²) in [5.74, 6) is -0.325. The molecule has 2 aromatic carbocycles. The standard InChI is InChI=1S/C23H26N2O2/c1-2-27-22(26)21(25-16-10-5-11-17-25)23(18-24,19-12-6-3-7-13-19)20-14-8-4-9-15-20/h3-4,6-9,12-15,21H,2,5,10-11,16-17H2,1H3/t21-/m0/s1. The Labute approximate surface area is 161 Å². The molecule has 4 heteroatoms. The van der Waals surface area contributed by atoms with E-state index in [1.807, 2.05) is 67.6 Å². The number of ether oxygens (including phenoxy) is 1. The maximum absolute atomic E-state index is 13.2. The number of carbonyl (C=O) groups excluding carboxylic acids is 1. The van der Waals surface area contributed by atoms with Gasteiger partial charge in [-0.3, -0.25) is 9.69 Å². The van der Waals surface area contributed by atoms with E-state index in [2.05, 4.69) is 11.0 Å². The highest BCUT2D eigenvalue weighted by Crippen LogP contribution is 2.39. The van der Waals surface area contributed by atoms with Crippen molar-refractivity contribution in [1.82, 2.24) is 4.90 Å². The molecule has 0 N–H and O–H groups in total. The predicted octanol–water partition coefficient (Wildman–Crippen LogP) is 3.91. The van der Waals surface area contributed by atoms with Crippen molar-refractivity contribution in [1.29, 1.82) is 5.26 Å². The summed E-state index contributed by atoms with van der Waals surface area (Å²) in [6, 6.07) is 21.1. The summed E-state index contributed by atoms with van der Waals surface area (Å²) in [7, 11) is 0. The van der Waals surface area contributed by atoms with Gasteiger partial charge in [0.05, 0.1) is 12.7 Å². The van der Waals surface area contributed by atoms with Crippen LogP contribution in [0.1, 0.15) is 37.3 Å². The van der Waals surface area contributed by atoms with Gasteiger partial charge in [0.2, 0.25) is 0 Å². The number of carbonyl (C=O) groups is 1. The minimum atomic E-state index is -1.12. The molecule has 1 atom stereocenters. The van der Waals surface area contributed by atoms with Gasteiger partial charge in [-0.2, -0.15) is 5.26 Å². The Bertz CT molecular complexity index is 738. The first kappa shape index (κ1) is 19.1. The van der Waals surface area contributed by atoms with Crippen molar-refractivity contribution in [2.75, 3.05) is 19.7 Å². The van der Waals surface area contributed by atoms with E-state index >= 15 is 0 Å². The number of benzene rings is 2. The van der Waals surface area contributed by atoms with E-state index in [1.54, 1.807) is 0 Å². The summed E-state index contributed by atoms with van der Waals surface area (Å²) < 4.78 is 5.48. The first-order chi connectivity index (χ1) is 13.2. The van der Waals surface area contributed by atoms with Gasteiger partial charge >= 0.3 is 5.97 Å². The van der Waals surface area contributed by atoms with Crippen LogP contribution in [-0.2, 0) is 14.9 Å². The quantitative estimate of drug-likeness (QED) is 0.731. The second kappa shape index (κ2) is 8.83. The Balaban J connectivity index is 2.22. The lowest BCUT2D eigenvalue weighted by atomic mass is 9.69. The zero-order valence-corrected chi connectivity index (χ0v) is 15.8. The zero-order valence-electron chi connectivity index (χ0n) is 15.8. The highest BCUT2D eigenvalue weighted by molar-refractivity contribution is 5.81. The molecular formula is C23H26N2O2. The van der Waals surface area contributed by atoms with Crippen molar-refractivity contribution in [3.63, 3.8) is 0 Å². The van der Waals surface area contributed by atoms with Crippen molar-refractivity contribution < 1.29 is 9.53 Å². The fourth-order valence-corrected chi connectivity index (χ4v) is 4.07. The molecule has 27 heavy (non-hydrogen) atoms. The Morgan fingerprint density at radius 1 is 1.04 bits per heavy atom. The molecule has 4 nitrogen and oxygen atoms in total. The van der Waals surface area contributed by atoms with E-state index in [9.17, 15) is 10.1 Å². The van der Waals surface area contributed by atoms with E-state index in [0.29, 0.717) is 6.61 Å². The molecule has 0 bridgehead atoms. The lowest BCUT2D eigenvalue weighted by Crippen LogP contribution is -2.57. The Kier molecular flexibility index (Phi) is 6.26. The molecule has 1 aliphatic heterocycles. The molecule has 0 saturated carbocycles. The van der Waals surface area contributed by atoms with Gasteiger partial charge in [-0.25, -0.2) is 0 Å². The average molecular weight is 362 g/mol. The summed E-state index contributed by atoms with van der Waals surface area (Å²) >= 11 is 0. The fourth-order valence-electron chi connectivity index (χ4n) is 4.07. The second-order valence-corrected chi connectivity index (χ2v) is 6.90. The molecule has 1 heterocycles. The minimum Gasteiger partial charge on any atom is -0.465 e. The Morgan fingerprint density at radius 2 is 1.56 bits per heavy atom. The van der Waals surface area contributed by atoms with Crippen LogP contribution in [0, 0.1) is 11.3 Å². The van der Waals surface area contributed by atoms with E-state index in [4.69, 9.17) is 4.74 Å². The Morgan fingerprint density at radius 3 is 2.00 bits per heavy atom. The third kappa shape index (κ3) is 3.74. The summed E-state index contributed by atoms with van der Waals surface area (Å²) in [4.78, 5) is 15.3. The van der Waals surface area contributed by atoms with E-state index in [-0.39, 0.29) is 5.97 Å². The number of hydrogen-bond donors (Lipinski definition) is 0. The fraction of sp³-hybridized carbons (Fsp3) is 0.391. The van der Waals surface area contributed by atoms with Crippen LogP contribution in [0.2, 0.25) is 0 Å². The van der Waals surface area contributed by atoms with Crippen LogP contribution in [0.15, 0.2) is 60.7 Å². The van der Waals surface area contributed by atoms with Gasteiger partial charge in [-0.1, -0.05) is 67.1 Å². The lowest BCUT2D eigenvalue weighted by molar-refractivity contribution is -0.151. The van der Waals surface area contributed by atoms with Gasteiger partial charge in [0.15, 0.2) is 0 Å². The number of esters is 1. The largest absolute Gasteiger partial charge is 0.465 e. The monoisotopic (exact) mass is 362 g/mol. The maximum atomic E-state index is 13.2. The van der Waals surface area contributed by atoms with Crippen LogP contribution < -0.4 is 0 Å². The van der Waals surface area contributed by atoms with Crippen LogP contribution >= 0.6 is 0 Å². The third-order valence-electron chi connectivity index (χ3n) is 5.31. The van der Waals surface area contributed by atoms with Crippen molar-refractivity contribution in [2.24, 2.45) is 0 Å². The van der Waals surface area contributed by atoms with Gasteiger partial charge in [0, 0.05) is 0 Å². The zero-order chi connectivity index (χ0) is 19.1.